The van der Waals surface area contributed by atoms with Crippen LogP contribution >= 0.6 is 0 Å². The topological polar surface area (TPSA) is 69.3 Å². The first-order chi connectivity index (χ1) is 14.2. The average Bonchev–Trinajstić information content (AvgIpc) is 3.45. The number of amides is 1. The molecular formula is C22H26N2O5. The van der Waals surface area contributed by atoms with Crippen LogP contribution < -0.4 is 24.3 Å². The van der Waals surface area contributed by atoms with Crippen LogP contribution in [-0.4, -0.2) is 51.5 Å². The van der Waals surface area contributed by atoms with Crippen LogP contribution in [0.1, 0.15) is 34.8 Å². The first-order valence-electron chi connectivity index (χ1n) is 9.83. The second kappa shape index (κ2) is 8.61. The van der Waals surface area contributed by atoms with Gasteiger partial charge in [-0.05, 0) is 55.8 Å². The first-order valence-corrected chi connectivity index (χ1v) is 9.83. The molecule has 1 N–H and O–H groups in total. The molecule has 2 aliphatic heterocycles. The molecule has 0 aliphatic carbocycles. The number of rotatable bonds is 7. The Morgan fingerprint density at radius 1 is 1.03 bits per heavy atom. The van der Waals surface area contributed by atoms with Crippen LogP contribution in [0.3, 0.4) is 0 Å². The molecule has 1 fully saturated rings. The predicted octanol–water partition coefficient (Wildman–Crippen LogP) is 3.00. The number of methoxy groups -OCH3 is 2. The number of hydrogen-bond acceptors (Lipinski definition) is 6. The van der Waals surface area contributed by atoms with Crippen LogP contribution in [0.2, 0.25) is 0 Å². The van der Waals surface area contributed by atoms with E-state index in [1.807, 2.05) is 12.1 Å². The Balaban J connectivity index is 1.52. The van der Waals surface area contributed by atoms with E-state index in [0.29, 0.717) is 23.6 Å². The lowest BCUT2D eigenvalue weighted by atomic mass is 10.0. The summed E-state index contributed by atoms with van der Waals surface area (Å²) in [5.74, 6) is 2.53. The van der Waals surface area contributed by atoms with Gasteiger partial charge in [0.25, 0.3) is 5.91 Å². The summed E-state index contributed by atoms with van der Waals surface area (Å²) >= 11 is 0. The van der Waals surface area contributed by atoms with Gasteiger partial charge in [-0.2, -0.15) is 0 Å². The molecule has 2 aliphatic rings. The molecule has 7 nitrogen and oxygen atoms in total. The minimum absolute atomic E-state index is 0.0726. The maximum absolute atomic E-state index is 12.8. The van der Waals surface area contributed by atoms with Crippen molar-refractivity contribution in [3.63, 3.8) is 0 Å². The summed E-state index contributed by atoms with van der Waals surface area (Å²) < 4.78 is 21.5. The second-order valence-corrected chi connectivity index (χ2v) is 7.18. The van der Waals surface area contributed by atoms with Crippen molar-refractivity contribution < 1.29 is 23.7 Å². The molecule has 2 aromatic carbocycles. The van der Waals surface area contributed by atoms with E-state index in [4.69, 9.17) is 18.9 Å². The summed E-state index contributed by atoms with van der Waals surface area (Å²) in [6, 6.07) is 11.3. The molecule has 0 spiro atoms. The Morgan fingerprint density at radius 3 is 2.41 bits per heavy atom. The monoisotopic (exact) mass is 398 g/mol. The van der Waals surface area contributed by atoms with Crippen molar-refractivity contribution in [2.45, 2.75) is 18.9 Å². The smallest absolute Gasteiger partial charge is 0.251 e. The molecule has 1 atom stereocenters. The number of carbonyl (C=O) groups is 1. The SMILES string of the molecule is COc1cc(OC)cc(C(=O)NC[C@H](c2ccc3c(c2)OCO3)N2CCCC2)c1. The third kappa shape index (κ3) is 4.24. The highest BCUT2D eigenvalue weighted by Crippen LogP contribution is 2.36. The van der Waals surface area contributed by atoms with Crippen LogP contribution in [0.5, 0.6) is 23.0 Å². The Morgan fingerprint density at radius 2 is 1.72 bits per heavy atom. The molecule has 1 saturated heterocycles. The summed E-state index contributed by atoms with van der Waals surface area (Å²) in [5, 5.41) is 3.08. The second-order valence-electron chi connectivity index (χ2n) is 7.18. The van der Waals surface area contributed by atoms with E-state index in [1.165, 1.54) is 12.8 Å². The molecule has 2 aromatic rings. The summed E-state index contributed by atoms with van der Waals surface area (Å²) in [4.78, 5) is 15.2. The van der Waals surface area contributed by atoms with Gasteiger partial charge in [-0.25, -0.2) is 0 Å². The quantitative estimate of drug-likeness (QED) is 0.773. The standard InChI is InChI=1S/C22H26N2O5/c1-26-17-9-16(10-18(12-17)27-2)22(25)23-13-19(24-7-3-4-8-24)15-5-6-20-21(11-15)29-14-28-20/h5-6,9-12,19H,3-4,7-8,13-14H2,1-2H3,(H,23,25)/t19-/m1/s1. The van der Waals surface area contributed by atoms with Crippen LogP contribution in [0.25, 0.3) is 0 Å². The highest BCUT2D eigenvalue weighted by atomic mass is 16.7. The fourth-order valence-electron chi connectivity index (χ4n) is 3.86. The fraction of sp³-hybridized carbons (Fsp3) is 0.409. The largest absolute Gasteiger partial charge is 0.497 e. The molecule has 0 unspecified atom stereocenters. The van der Waals surface area contributed by atoms with Crippen molar-refractivity contribution >= 4 is 5.91 Å². The van der Waals surface area contributed by atoms with Crippen molar-refractivity contribution in [3.8, 4) is 23.0 Å². The Hall–Kier alpha value is -2.93. The van der Waals surface area contributed by atoms with Crippen LogP contribution in [0.15, 0.2) is 36.4 Å². The molecule has 0 saturated carbocycles. The van der Waals surface area contributed by atoms with Crippen molar-refractivity contribution in [2.24, 2.45) is 0 Å². The van der Waals surface area contributed by atoms with Gasteiger partial charge in [0.15, 0.2) is 11.5 Å². The predicted molar refractivity (Wildman–Crippen MR) is 108 cm³/mol. The number of fused-ring (bicyclic) bond motifs is 1. The number of carbonyl (C=O) groups excluding carboxylic acids is 1. The Kier molecular flexibility index (Phi) is 5.76. The highest BCUT2D eigenvalue weighted by Gasteiger charge is 2.26. The zero-order chi connectivity index (χ0) is 20.2. The minimum Gasteiger partial charge on any atom is -0.497 e. The zero-order valence-corrected chi connectivity index (χ0v) is 16.8. The highest BCUT2D eigenvalue weighted by molar-refractivity contribution is 5.95. The van der Waals surface area contributed by atoms with E-state index in [2.05, 4.69) is 16.3 Å². The van der Waals surface area contributed by atoms with Gasteiger partial charge in [0, 0.05) is 18.2 Å². The van der Waals surface area contributed by atoms with Crippen molar-refractivity contribution in [2.75, 3.05) is 40.6 Å². The molecule has 0 aromatic heterocycles. The van der Waals surface area contributed by atoms with Crippen LogP contribution in [-0.2, 0) is 0 Å². The van der Waals surface area contributed by atoms with Gasteiger partial charge in [0.2, 0.25) is 6.79 Å². The normalized spacial score (nSPS) is 16.5. The number of nitrogens with zero attached hydrogens (tertiary/aromatic N) is 1. The van der Waals surface area contributed by atoms with Crippen LogP contribution in [0.4, 0.5) is 0 Å². The molecular weight excluding hydrogens is 372 g/mol. The van der Waals surface area contributed by atoms with E-state index >= 15 is 0 Å². The molecule has 154 valence electrons. The number of hydrogen-bond donors (Lipinski definition) is 1. The molecule has 0 radical (unpaired) electrons. The lowest BCUT2D eigenvalue weighted by Crippen LogP contribution is -2.36. The summed E-state index contributed by atoms with van der Waals surface area (Å²) in [6.45, 7) is 2.78. The number of nitrogens with one attached hydrogen (secondary N) is 1. The Bertz CT molecular complexity index is 857. The number of ether oxygens (including phenoxy) is 4. The molecule has 29 heavy (non-hydrogen) atoms. The summed E-state index contributed by atoms with van der Waals surface area (Å²) in [7, 11) is 3.14. The number of likely N-dealkylation sites (tertiary alicyclic amines) is 1. The zero-order valence-electron chi connectivity index (χ0n) is 16.8. The lowest BCUT2D eigenvalue weighted by molar-refractivity contribution is 0.0937. The van der Waals surface area contributed by atoms with Gasteiger partial charge in [0.05, 0.1) is 20.3 Å². The van der Waals surface area contributed by atoms with Gasteiger partial charge >= 0.3 is 0 Å². The van der Waals surface area contributed by atoms with E-state index in [9.17, 15) is 4.79 Å². The van der Waals surface area contributed by atoms with E-state index in [-0.39, 0.29) is 18.7 Å². The Labute approximate surface area is 170 Å². The minimum atomic E-state index is -0.160. The maximum atomic E-state index is 12.8. The molecule has 1 amide bonds. The van der Waals surface area contributed by atoms with Crippen molar-refractivity contribution in [1.29, 1.82) is 0 Å². The lowest BCUT2D eigenvalue weighted by Gasteiger charge is -2.28. The molecule has 7 heteroatoms. The third-order valence-electron chi connectivity index (χ3n) is 5.43. The maximum Gasteiger partial charge on any atom is 0.251 e. The van der Waals surface area contributed by atoms with Crippen LogP contribution in [0, 0.1) is 0 Å². The fourth-order valence-corrected chi connectivity index (χ4v) is 3.86. The van der Waals surface area contributed by atoms with Gasteiger partial charge in [-0.15, -0.1) is 0 Å². The first kappa shape index (κ1) is 19.4. The van der Waals surface area contributed by atoms with E-state index < -0.39 is 0 Å². The number of benzene rings is 2. The van der Waals surface area contributed by atoms with E-state index in [0.717, 1.165) is 30.2 Å². The van der Waals surface area contributed by atoms with Gasteiger partial charge in [0.1, 0.15) is 11.5 Å². The van der Waals surface area contributed by atoms with Gasteiger partial charge in [-0.1, -0.05) is 6.07 Å². The third-order valence-corrected chi connectivity index (χ3v) is 5.43. The average molecular weight is 398 g/mol. The molecule has 0 bridgehead atoms. The van der Waals surface area contributed by atoms with Crippen molar-refractivity contribution in [1.82, 2.24) is 10.2 Å². The molecule has 2 heterocycles. The summed E-state index contributed by atoms with van der Waals surface area (Å²) in [5.41, 5.74) is 1.62. The summed E-state index contributed by atoms with van der Waals surface area (Å²) in [6.07, 6.45) is 2.34. The molecule has 4 rings (SSSR count). The van der Waals surface area contributed by atoms with Gasteiger partial charge < -0.3 is 24.3 Å². The van der Waals surface area contributed by atoms with Gasteiger partial charge in [-0.3, -0.25) is 9.69 Å². The van der Waals surface area contributed by atoms with Crippen molar-refractivity contribution in [3.05, 3.63) is 47.5 Å². The van der Waals surface area contributed by atoms with E-state index in [1.54, 1.807) is 32.4 Å².